The van der Waals surface area contributed by atoms with Crippen LogP contribution in [0, 0.1) is 0 Å². The van der Waals surface area contributed by atoms with Gasteiger partial charge in [-0.05, 0) is 30.2 Å². The van der Waals surface area contributed by atoms with Crippen LogP contribution in [0.3, 0.4) is 0 Å². The molecule has 1 aliphatic rings. The summed E-state index contributed by atoms with van der Waals surface area (Å²) in [6.07, 6.45) is -0.0695. The SMILES string of the molecule is C=C(C)C(C(=O)O)N1C(=O)C(NC(=O)Cc2ccc(OC)cc2)C1S(=O)NNC(=O)NC. The molecule has 1 aliphatic heterocycles. The molecule has 13 heteroatoms. The monoisotopic (exact) mass is 467 g/mol. The maximum atomic E-state index is 12.7. The van der Waals surface area contributed by atoms with E-state index in [0.717, 1.165) is 4.90 Å². The van der Waals surface area contributed by atoms with E-state index >= 15 is 0 Å². The van der Waals surface area contributed by atoms with Crippen molar-refractivity contribution in [1.82, 2.24) is 25.8 Å². The normalized spacial score (nSPS) is 19.2. The predicted octanol–water partition coefficient (Wildman–Crippen LogP) is -0.983. The number of β-lactam (4-membered cyclic amide) rings is 1. The largest absolute Gasteiger partial charge is 0.497 e. The predicted molar refractivity (Wildman–Crippen MR) is 114 cm³/mol. The topological polar surface area (TPSA) is 166 Å². The van der Waals surface area contributed by atoms with E-state index in [1.165, 1.54) is 21.1 Å². The van der Waals surface area contributed by atoms with Crippen LogP contribution < -0.4 is 25.6 Å². The number of rotatable bonds is 10. The quantitative estimate of drug-likeness (QED) is 0.167. The van der Waals surface area contributed by atoms with Gasteiger partial charge >= 0.3 is 12.0 Å². The van der Waals surface area contributed by atoms with E-state index in [-0.39, 0.29) is 12.0 Å². The minimum absolute atomic E-state index is 0.0695. The molecule has 1 aromatic rings. The number of aliphatic carboxylic acids is 1. The van der Waals surface area contributed by atoms with E-state index < -0.39 is 52.3 Å². The molecule has 4 atom stereocenters. The zero-order valence-electron chi connectivity index (χ0n) is 17.7. The van der Waals surface area contributed by atoms with Crippen LogP contribution in [0.4, 0.5) is 4.79 Å². The average molecular weight is 468 g/mol. The first kappa shape index (κ1) is 24.8. The molecule has 1 saturated heterocycles. The van der Waals surface area contributed by atoms with Gasteiger partial charge in [-0.3, -0.25) is 15.0 Å². The van der Waals surface area contributed by atoms with Gasteiger partial charge in [-0.25, -0.2) is 13.8 Å². The number of carbonyl (C=O) groups is 4. The fourth-order valence-corrected chi connectivity index (χ4v) is 4.24. The highest BCUT2D eigenvalue weighted by Gasteiger charge is 2.56. The van der Waals surface area contributed by atoms with Crippen molar-refractivity contribution < 1.29 is 33.2 Å². The highest BCUT2D eigenvalue weighted by molar-refractivity contribution is 7.83. The number of likely N-dealkylation sites (tertiary alicyclic amines) is 1. The van der Waals surface area contributed by atoms with Gasteiger partial charge < -0.3 is 25.4 Å². The summed E-state index contributed by atoms with van der Waals surface area (Å²) in [4.78, 5) is 51.3. The second kappa shape index (κ2) is 10.7. The van der Waals surface area contributed by atoms with E-state index in [0.29, 0.717) is 11.3 Å². The Morgan fingerprint density at radius 3 is 2.41 bits per heavy atom. The highest BCUT2D eigenvalue weighted by atomic mass is 32.2. The molecule has 0 aliphatic carbocycles. The average Bonchev–Trinajstić information content (AvgIpc) is 2.75. The lowest BCUT2D eigenvalue weighted by molar-refractivity contribution is -0.160. The first-order valence-electron chi connectivity index (χ1n) is 9.37. The van der Waals surface area contributed by atoms with Crippen molar-refractivity contribution in [2.24, 2.45) is 0 Å². The first-order chi connectivity index (χ1) is 15.1. The molecule has 174 valence electrons. The minimum Gasteiger partial charge on any atom is -0.497 e. The van der Waals surface area contributed by atoms with Gasteiger partial charge in [-0.1, -0.05) is 18.7 Å². The summed E-state index contributed by atoms with van der Waals surface area (Å²) in [5.74, 6) is -2.01. The summed E-state index contributed by atoms with van der Waals surface area (Å²) < 4.78 is 17.8. The number of benzene rings is 1. The van der Waals surface area contributed by atoms with Crippen LogP contribution in [0.25, 0.3) is 0 Å². The molecule has 12 nitrogen and oxygen atoms in total. The van der Waals surface area contributed by atoms with Crippen molar-refractivity contribution >= 4 is 34.8 Å². The molecule has 0 aromatic heterocycles. The first-order valence-corrected chi connectivity index (χ1v) is 10.6. The summed E-state index contributed by atoms with van der Waals surface area (Å²) in [6.45, 7) is 4.99. The maximum Gasteiger partial charge on any atom is 0.330 e. The zero-order chi connectivity index (χ0) is 24.0. The van der Waals surface area contributed by atoms with Crippen molar-refractivity contribution in [2.75, 3.05) is 14.2 Å². The number of hydrazine groups is 1. The number of methoxy groups -OCH3 is 1. The molecule has 0 saturated carbocycles. The van der Waals surface area contributed by atoms with E-state index in [9.17, 15) is 28.5 Å². The number of nitrogens with zero attached hydrogens (tertiary/aromatic N) is 1. The standard InChI is InChI=1S/C19H25N5O7S/c1-10(2)15(18(27)28)24-16(26)14(17(24)32(30)23-22-19(29)20-3)21-13(25)9-11-5-7-12(31-4)8-6-11/h5-8,14-15,17,23H,1,9H2,2-4H3,(H,21,25)(H,27,28)(H2,20,22,29). The molecule has 1 fully saturated rings. The Morgan fingerprint density at radius 2 is 1.91 bits per heavy atom. The van der Waals surface area contributed by atoms with Crippen LogP contribution in [0.5, 0.6) is 5.75 Å². The van der Waals surface area contributed by atoms with E-state index in [1.54, 1.807) is 24.3 Å². The Kier molecular flexibility index (Phi) is 8.32. The number of hydrogen-bond donors (Lipinski definition) is 5. The van der Waals surface area contributed by atoms with Gasteiger partial charge in [0.2, 0.25) is 11.8 Å². The van der Waals surface area contributed by atoms with Crippen molar-refractivity contribution in [3.05, 3.63) is 42.0 Å². The summed E-state index contributed by atoms with van der Waals surface area (Å²) in [7, 11) is 0.694. The number of carboxylic acid groups (broad SMARTS) is 1. The summed E-state index contributed by atoms with van der Waals surface area (Å²) in [5, 5.41) is 13.0. The molecule has 0 radical (unpaired) electrons. The Balaban J connectivity index is 2.18. The fourth-order valence-electron chi connectivity index (χ4n) is 3.06. The van der Waals surface area contributed by atoms with Crippen molar-refractivity contribution in [1.29, 1.82) is 0 Å². The summed E-state index contributed by atoms with van der Waals surface area (Å²) in [6, 6.07) is 3.30. The van der Waals surface area contributed by atoms with Gasteiger partial charge in [-0.2, -0.15) is 0 Å². The molecular weight excluding hydrogens is 442 g/mol. The third kappa shape index (κ3) is 5.62. The number of ether oxygens (including phenoxy) is 1. The van der Waals surface area contributed by atoms with Crippen LogP contribution in [0.2, 0.25) is 0 Å². The summed E-state index contributed by atoms with van der Waals surface area (Å²) in [5.41, 5.74) is 2.89. The van der Waals surface area contributed by atoms with E-state index in [1.807, 2.05) is 0 Å². The molecule has 1 heterocycles. The van der Waals surface area contributed by atoms with Crippen molar-refractivity contribution in [3.8, 4) is 5.75 Å². The van der Waals surface area contributed by atoms with Crippen LogP contribution >= 0.6 is 0 Å². The number of urea groups is 1. The van der Waals surface area contributed by atoms with Gasteiger partial charge in [0.25, 0.3) is 0 Å². The molecule has 4 amide bonds. The molecule has 0 spiro atoms. The number of carboxylic acids is 1. The number of hydrogen-bond acceptors (Lipinski definition) is 6. The van der Waals surface area contributed by atoms with Crippen LogP contribution in [0.15, 0.2) is 36.4 Å². The number of amides is 4. The van der Waals surface area contributed by atoms with Gasteiger partial charge in [-0.15, -0.1) is 4.83 Å². The minimum atomic E-state index is -2.15. The van der Waals surface area contributed by atoms with Crippen LogP contribution in [-0.4, -0.2) is 69.6 Å². The Hall–Kier alpha value is -3.45. The molecule has 0 bridgehead atoms. The van der Waals surface area contributed by atoms with E-state index in [2.05, 4.69) is 27.5 Å². The van der Waals surface area contributed by atoms with Gasteiger partial charge in [0.15, 0.2) is 11.4 Å². The smallest absolute Gasteiger partial charge is 0.330 e. The van der Waals surface area contributed by atoms with E-state index in [4.69, 9.17) is 4.74 Å². The molecule has 5 N–H and O–H groups in total. The fraction of sp³-hybridized carbons (Fsp3) is 0.368. The van der Waals surface area contributed by atoms with Crippen molar-refractivity contribution in [2.45, 2.75) is 30.8 Å². The number of carbonyl (C=O) groups excluding carboxylic acids is 3. The second-order valence-corrected chi connectivity index (χ2v) is 8.18. The number of nitrogens with one attached hydrogen (secondary N) is 4. The van der Waals surface area contributed by atoms with Crippen LogP contribution in [-0.2, 0) is 31.8 Å². The Labute approximate surface area is 186 Å². The van der Waals surface area contributed by atoms with Crippen LogP contribution in [0.1, 0.15) is 12.5 Å². The highest BCUT2D eigenvalue weighted by Crippen LogP contribution is 2.28. The van der Waals surface area contributed by atoms with Gasteiger partial charge in [0, 0.05) is 7.05 Å². The third-order valence-corrected chi connectivity index (χ3v) is 5.85. The zero-order valence-corrected chi connectivity index (χ0v) is 18.5. The maximum absolute atomic E-state index is 12.7. The molecular formula is C19H25N5O7S. The molecule has 32 heavy (non-hydrogen) atoms. The lowest BCUT2D eigenvalue weighted by Crippen LogP contribution is -2.76. The second-order valence-electron chi connectivity index (χ2n) is 6.90. The Morgan fingerprint density at radius 1 is 1.28 bits per heavy atom. The lowest BCUT2D eigenvalue weighted by Gasteiger charge is -2.48. The molecule has 4 unspecified atom stereocenters. The summed E-state index contributed by atoms with van der Waals surface area (Å²) >= 11 is 0. The van der Waals surface area contributed by atoms with Gasteiger partial charge in [0.1, 0.15) is 22.8 Å². The molecule has 1 aromatic carbocycles. The van der Waals surface area contributed by atoms with Crippen molar-refractivity contribution in [3.63, 3.8) is 0 Å². The molecule has 2 rings (SSSR count). The Bertz CT molecular complexity index is 922. The van der Waals surface area contributed by atoms with Gasteiger partial charge in [0.05, 0.1) is 13.5 Å². The third-order valence-electron chi connectivity index (χ3n) is 4.61. The lowest BCUT2D eigenvalue weighted by atomic mass is 9.99.